The van der Waals surface area contributed by atoms with Crippen LogP contribution in [0.4, 0.5) is 11.4 Å². The summed E-state index contributed by atoms with van der Waals surface area (Å²) in [5, 5.41) is 7.95. The number of nitrogens with zero attached hydrogens (tertiary/aromatic N) is 1. The molecular weight excluding hydrogens is 402 g/mol. The first-order chi connectivity index (χ1) is 15.7. The second-order valence-electron chi connectivity index (χ2n) is 8.55. The van der Waals surface area contributed by atoms with Crippen molar-refractivity contribution in [3.05, 3.63) is 71.8 Å². The van der Waals surface area contributed by atoms with Crippen LogP contribution >= 0.6 is 0 Å². The van der Waals surface area contributed by atoms with Gasteiger partial charge in [-0.2, -0.15) is 0 Å². The average molecular weight is 430 g/mol. The molecule has 0 spiro atoms. The van der Waals surface area contributed by atoms with E-state index in [0.29, 0.717) is 11.3 Å². The summed E-state index contributed by atoms with van der Waals surface area (Å²) >= 11 is 0. The van der Waals surface area contributed by atoms with Gasteiger partial charge < -0.3 is 15.4 Å². The lowest BCUT2D eigenvalue weighted by Gasteiger charge is -2.26. The Hall–Kier alpha value is -3.22. The molecule has 1 heterocycles. The van der Waals surface area contributed by atoms with Crippen molar-refractivity contribution >= 4 is 34.0 Å². The van der Waals surface area contributed by atoms with Crippen LogP contribution in [0.5, 0.6) is 0 Å². The van der Waals surface area contributed by atoms with Crippen molar-refractivity contribution < 1.29 is 14.3 Å². The Morgan fingerprint density at radius 1 is 0.906 bits per heavy atom. The van der Waals surface area contributed by atoms with Crippen molar-refractivity contribution in [1.82, 2.24) is 4.90 Å². The molecule has 0 bridgehead atoms. The molecule has 164 valence electrons. The molecule has 2 aliphatic rings. The van der Waals surface area contributed by atoms with E-state index >= 15 is 0 Å². The molecule has 2 fully saturated rings. The standard InChI is InChI=1S/C26H27N3O3/c30-25(19-8-9-19)28-24-16-21-6-2-1-5-20(21)15-23(24)26(31)27-22-7-3-4-18(14-22)17-29-10-12-32-13-11-29/h1-7,14-16,19H,8-13,17H2,(H,27,31)(H,28,30). The molecule has 0 unspecified atom stereocenters. The Kier molecular flexibility index (Phi) is 5.88. The van der Waals surface area contributed by atoms with E-state index in [1.54, 1.807) is 0 Å². The summed E-state index contributed by atoms with van der Waals surface area (Å²) in [7, 11) is 0. The fourth-order valence-corrected chi connectivity index (χ4v) is 4.08. The number of fused-ring (bicyclic) bond motifs is 1. The van der Waals surface area contributed by atoms with Crippen molar-refractivity contribution in [3.8, 4) is 0 Å². The minimum atomic E-state index is -0.231. The molecule has 1 aliphatic heterocycles. The van der Waals surface area contributed by atoms with Crippen molar-refractivity contribution in [3.63, 3.8) is 0 Å². The molecule has 6 heteroatoms. The molecule has 0 radical (unpaired) electrons. The quantitative estimate of drug-likeness (QED) is 0.614. The SMILES string of the molecule is O=C(Nc1cccc(CN2CCOCC2)c1)c1cc2ccccc2cc1NC(=O)C1CC1. The van der Waals surface area contributed by atoms with Gasteiger partial charge in [0, 0.05) is 31.2 Å². The third-order valence-electron chi connectivity index (χ3n) is 6.03. The predicted octanol–water partition coefficient (Wildman–Crippen LogP) is 4.27. The average Bonchev–Trinajstić information content (AvgIpc) is 3.65. The number of amides is 2. The van der Waals surface area contributed by atoms with Crippen LogP contribution in [0.3, 0.4) is 0 Å². The van der Waals surface area contributed by atoms with Gasteiger partial charge in [-0.05, 0) is 53.4 Å². The number of carbonyl (C=O) groups is 2. The molecule has 6 nitrogen and oxygen atoms in total. The van der Waals surface area contributed by atoms with Gasteiger partial charge in [0.1, 0.15) is 0 Å². The molecule has 1 aliphatic carbocycles. The van der Waals surface area contributed by atoms with E-state index in [1.807, 2.05) is 54.6 Å². The molecule has 2 N–H and O–H groups in total. The molecular formula is C26H27N3O3. The van der Waals surface area contributed by atoms with Gasteiger partial charge in [0.05, 0.1) is 24.5 Å². The van der Waals surface area contributed by atoms with Crippen molar-refractivity contribution in [2.75, 3.05) is 36.9 Å². The van der Waals surface area contributed by atoms with Crippen LogP contribution in [0.1, 0.15) is 28.8 Å². The number of benzene rings is 3. The number of nitrogens with one attached hydrogen (secondary N) is 2. The number of hydrogen-bond donors (Lipinski definition) is 2. The molecule has 3 aromatic carbocycles. The normalized spacial score (nSPS) is 16.6. The fraction of sp³-hybridized carbons (Fsp3) is 0.308. The lowest BCUT2D eigenvalue weighted by atomic mass is 10.0. The van der Waals surface area contributed by atoms with Crippen LogP contribution < -0.4 is 10.6 Å². The van der Waals surface area contributed by atoms with E-state index in [4.69, 9.17) is 4.74 Å². The first-order valence-corrected chi connectivity index (χ1v) is 11.2. The first kappa shape index (κ1) is 20.7. The van der Waals surface area contributed by atoms with E-state index in [9.17, 15) is 9.59 Å². The second-order valence-corrected chi connectivity index (χ2v) is 8.55. The van der Waals surface area contributed by atoms with Crippen LogP contribution in [-0.4, -0.2) is 43.0 Å². The molecule has 2 amide bonds. The number of carbonyl (C=O) groups excluding carboxylic acids is 2. The second kappa shape index (κ2) is 9.10. The maximum atomic E-state index is 13.3. The minimum Gasteiger partial charge on any atom is -0.379 e. The molecule has 1 saturated heterocycles. The highest BCUT2D eigenvalue weighted by Crippen LogP contribution is 2.32. The van der Waals surface area contributed by atoms with Crippen molar-refractivity contribution in [2.24, 2.45) is 5.92 Å². The summed E-state index contributed by atoms with van der Waals surface area (Å²) in [5.74, 6) is -0.179. The van der Waals surface area contributed by atoms with Crippen LogP contribution in [0, 0.1) is 5.92 Å². The van der Waals surface area contributed by atoms with E-state index in [-0.39, 0.29) is 17.7 Å². The summed E-state index contributed by atoms with van der Waals surface area (Å²) in [5.41, 5.74) is 2.91. The highest BCUT2D eigenvalue weighted by atomic mass is 16.5. The molecule has 5 rings (SSSR count). The monoisotopic (exact) mass is 429 g/mol. The lowest BCUT2D eigenvalue weighted by Crippen LogP contribution is -2.35. The molecule has 0 aromatic heterocycles. The third kappa shape index (κ3) is 4.82. The zero-order chi connectivity index (χ0) is 21.9. The smallest absolute Gasteiger partial charge is 0.257 e. The summed E-state index contributed by atoms with van der Waals surface area (Å²) in [6, 6.07) is 19.5. The van der Waals surface area contributed by atoms with E-state index in [2.05, 4.69) is 21.6 Å². The van der Waals surface area contributed by atoms with Gasteiger partial charge in [0.2, 0.25) is 5.91 Å². The van der Waals surface area contributed by atoms with Gasteiger partial charge in [-0.25, -0.2) is 0 Å². The summed E-state index contributed by atoms with van der Waals surface area (Å²) < 4.78 is 5.42. The maximum absolute atomic E-state index is 13.3. The van der Waals surface area contributed by atoms with Crippen LogP contribution in [0.2, 0.25) is 0 Å². The highest BCUT2D eigenvalue weighted by Gasteiger charge is 2.30. The molecule has 0 atom stereocenters. The highest BCUT2D eigenvalue weighted by molar-refractivity contribution is 6.13. The van der Waals surface area contributed by atoms with Crippen molar-refractivity contribution in [1.29, 1.82) is 0 Å². The van der Waals surface area contributed by atoms with E-state index in [0.717, 1.165) is 67.7 Å². The Morgan fingerprint density at radius 3 is 2.41 bits per heavy atom. The van der Waals surface area contributed by atoms with Crippen LogP contribution in [-0.2, 0) is 16.1 Å². The maximum Gasteiger partial charge on any atom is 0.257 e. The van der Waals surface area contributed by atoms with Gasteiger partial charge in [0.25, 0.3) is 5.91 Å². The Balaban J connectivity index is 1.38. The fourth-order valence-electron chi connectivity index (χ4n) is 4.08. The van der Waals surface area contributed by atoms with Crippen LogP contribution in [0.25, 0.3) is 10.8 Å². The largest absolute Gasteiger partial charge is 0.379 e. The Morgan fingerprint density at radius 2 is 1.66 bits per heavy atom. The lowest BCUT2D eigenvalue weighted by molar-refractivity contribution is -0.117. The zero-order valence-electron chi connectivity index (χ0n) is 18.0. The number of ether oxygens (including phenoxy) is 1. The zero-order valence-corrected chi connectivity index (χ0v) is 18.0. The first-order valence-electron chi connectivity index (χ1n) is 11.2. The summed E-state index contributed by atoms with van der Waals surface area (Å²) in [6.07, 6.45) is 1.83. The molecule has 32 heavy (non-hydrogen) atoms. The van der Waals surface area contributed by atoms with Crippen molar-refractivity contribution in [2.45, 2.75) is 19.4 Å². The number of hydrogen-bond acceptors (Lipinski definition) is 4. The van der Waals surface area contributed by atoms with E-state index in [1.165, 1.54) is 0 Å². The van der Waals surface area contributed by atoms with Gasteiger partial charge >= 0.3 is 0 Å². The van der Waals surface area contributed by atoms with Gasteiger partial charge in [0.15, 0.2) is 0 Å². The number of anilines is 2. The van der Waals surface area contributed by atoms with Gasteiger partial charge in [-0.3, -0.25) is 14.5 Å². The van der Waals surface area contributed by atoms with Gasteiger partial charge in [-0.15, -0.1) is 0 Å². The van der Waals surface area contributed by atoms with Gasteiger partial charge in [-0.1, -0.05) is 36.4 Å². The van der Waals surface area contributed by atoms with Crippen LogP contribution in [0.15, 0.2) is 60.7 Å². The Labute approximate surface area is 187 Å². The Bertz CT molecular complexity index is 1150. The summed E-state index contributed by atoms with van der Waals surface area (Å²) in [6.45, 7) is 4.17. The van der Waals surface area contributed by atoms with E-state index < -0.39 is 0 Å². The molecule has 3 aromatic rings. The predicted molar refractivity (Wildman–Crippen MR) is 126 cm³/mol. The minimum absolute atomic E-state index is 0.0122. The topological polar surface area (TPSA) is 70.7 Å². The molecule has 1 saturated carbocycles. The summed E-state index contributed by atoms with van der Waals surface area (Å²) in [4.78, 5) is 28.0. The number of morpholine rings is 1. The number of rotatable bonds is 6. The third-order valence-corrected chi connectivity index (χ3v) is 6.03.